The molecular weight excluding hydrogens is 249 g/mol. The van der Waals surface area contributed by atoms with Crippen LogP contribution in [0.4, 0.5) is 14.9 Å². The van der Waals surface area contributed by atoms with Crippen molar-refractivity contribution < 1.29 is 13.9 Å². The Morgan fingerprint density at radius 1 is 1.37 bits per heavy atom. The van der Waals surface area contributed by atoms with Crippen LogP contribution >= 0.6 is 0 Å². The van der Waals surface area contributed by atoms with Crippen molar-refractivity contribution in [2.24, 2.45) is 0 Å². The van der Waals surface area contributed by atoms with Crippen LogP contribution in [0.2, 0.25) is 0 Å². The number of nitrogen functional groups attached to an aromatic ring is 1. The summed E-state index contributed by atoms with van der Waals surface area (Å²) in [4.78, 5) is 15.2. The quantitative estimate of drug-likeness (QED) is 0.820. The van der Waals surface area contributed by atoms with Crippen molar-refractivity contribution in [1.29, 1.82) is 0 Å². The maximum Gasteiger partial charge on any atom is 0.409 e. The van der Waals surface area contributed by atoms with Crippen LogP contribution < -0.4 is 5.73 Å². The molecular formula is C13H18FN3O2. The van der Waals surface area contributed by atoms with Crippen LogP contribution in [0.15, 0.2) is 18.2 Å². The van der Waals surface area contributed by atoms with Crippen LogP contribution in [0.5, 0.6) is 0 Å². The first-order valence-corrected chi connectivity index (χ1v) is 6.19. The Morgan fingerprint density at radius 3 is 2.63 bits per heavy atom. The second-order valence-corrected chi connectivity index (χ2v) is 4.59. The summed E-state index contributed by atoms with van der Waals surface area (Å²) in [6.07, 6.45) is -0.286. The molecule has 1 aliphatic rings. The number of carbonyl (C=O) groups is 1. The molecule has 104 valence electrons. The number of methoxy groups -OCH3 is 1. The standard InChI is InChI=1S/C13H18FN3O2/c1-19-13(18)17-6-4-16(5-7-17)9-10-2-3-11(14)12(15)8-10/h2-3,8H,4-7,9,15H2,1H3. The molecule has 0 unspecified atom stereocenters. The molecule has 0 saturated carbocycles. The minimum absolute atomic E-state index is 0.172. The highest BCUT2D eigenvalue weighted by molar-refractivity contribution is 5.67. The van der Waals surface area contributed by atoms with Gasteiger partial charge in [-0.25, -0.2) is 9.18 Å². The molecule has 1 aliphatic heterocycles. The number of hydrogen-bond donors (Lipinski definition) is 1. The number of nitrogens with two attached hydrogens (primary N) is 1. The van der Waals surface area contributed by atoms with Crippen LogP contribution in [-0.2, 0) is 11.3 Å². The van der Waals surface area contributed by atoms with Gasteiger partial charge >= 0.3 is 6.09 Å². The highest BCUT2D eigenvalue weighted by Crippen LogP contribution is 2.15. The normalized spacial score (nSPS) is 16.4. The van der Waals surface area contributed by atoms with Crippen molar-refractivity contribution in [3.05, 3.63) is 29.6 Å². The largest absolute Gasteiger partial charge is 0.453 e. The summed E-state index contributed by atoms with van der Waals surface area (Å²) in [5.41, 5.74) is 6.69. The molecule has 0 spiro atoms. The van der Waals surface area contributed by atoms with E-state index in [1.54, 1.807) is 17.0 Å². The van der Waals surface area contributed by atoms with Gasteiger partial charge in [0.15, 0.2) is 0 Å². The Bertz CT molecular complexity index is 459. The van der Waals surface area contributed by atoms with Crippen molar-refractivity contribution in [2.75, 3.05) is 39.0 Å². The molecule has 1 amide bonds. The summed E-state index contributed by atoms with van der Waals surface area (Å²) < 4.78 is 17.7. The lowest BCUT2D eigenvalue weighted by Crippen LogP contribution is -2.48. The van der Waals surface area contributed by atoms with Gasteiger partial charge in [0, 0.05) is 32.7 Å². The summed E-state index contributed by atoms with van der Waals surface area (Å²) in [7, 11) is 1.38. The molecule has 2 rings (SSSR count). The molecule has 1 fully saturated rings. The first-order valence-electron chi connectivity index (χ1n) is 6.19. The van der Waals surface area contributed by atoms with E-state index in [9.17, 15) is 9.18 Å². The third kappa shape index (κ3) is 3.35. The lowest BCUT2D eigenvalue weighted by Gasteiger charge is -2.33. The van der Waals surface area contributed by atoms with E-state index in [2.05, 4.69) is 9.64 Å². The first kappa shape index (κ1) is 13.6. The zero-order valence-corrected chi connectivity index (χ0v) is 10.9. The summed E-state index contributed by atoms with van der Waals surface area (Å²) >= 11 is 0. The monoisotopic (exact) mass is 267 g/mol. The number of benzene rings is 1. The number of rotatable bonds is 2. The fourth-order valence-electron chi connectivity index (χ4n) is 2.17. The molecule has 2 N–H and O–H groups in total. The van der Waals surface area contributed by atoms with E-state index in [0.29, 0.717) is 19.6 Å². The number of piperazine rings is 1. The Kier molecular flexibility index (Phi) is 4.21. The Labute approximate surface area is 111 Å². The van der Waals surface area contributed by atoms with E-state index < -0.39 is 0 Å². The zero-order chi connectivity index (χ0) is 13.8. The van der Waals surface area contributed by atoms with Crippen molar-refractivity contribution in [2.45, 2.75) is 6.54 Å². The smallest absolute Gasteiger partial charge is 0.409 e. The van der Waals surface area contributed by atoms with E-state index in [-0.39, 0.29) is 17.6 Å². The van der Waals surface area contributed by atoms with Crippen LogP contribution in [0.25, 0.3) is 0 Å². The van der Waals surface area contributed by atoms with Gasteiger partial charge in [-0.2, -0.15) is 0 Å². The Balaban J connectivity index is 1.88. The predicted molar refractivity (Wildman–Crippen MR) is 70.1 cm³/mol. The highest BCUT2D eigenvalue weighted by atomic mass is 19.1. The van der Waals surface area contributed by atoms with E-state index >= 15 is 0 Å². The van der Waals surface area contributed by atoms with Crippen molar-refractivity contribution >= 4 is 11.8 Å². The number of anilines is 1. The number of ether oxygens (including phenoxy) is 1. The molecule has 6 heteroatoms. The van der Waals surface area contributed by atoms with Crippen molar-refractivity contribution in [1.82, 2.24) is 9.80 Å². The lowest BCUT2D eigenvalue weighted by atomic mass is 10.1. The maximum absolute atomic E-state index is 13.1. The summed E-state index contributed by atoms with van der Waals surface area (Å²) in [6.45, 7) is 3.53. The number of hydrogen-bond acceptors (Lipinski definition) is 4. The average Bonchev–Trinajstić information content (AvgIpc) is 2.43. The topological polar surface area (TPSA) is 58.8 Å². The second kappa shape index (κ2) is 5.88. The second-order valence-electron chi connectivity index (χ2n) is 4.59. The molecule has 1 aromatic carbocycles. The molecule has 0 aromatic heterocycles. The van der Waals surface area contributed by atoms with Crippen molar-refractivity contribution in [3.8, 4) is 0 Å². The molecule has 0 bridgehead atoms. The number of amides is 1. The molecule has 0 radical (unpaired) electrons. The third-order valence-electron chi connectivity index (χ3n) is 3.27. The van der Waals surface area contributed by atoms with Gasteiger partial charge in [0.1, 0.15) is 5.82 Å². The van der Waals surface area contributed by atoms with Gasteiger partial charge in [0.05, 0.1) is 12.8 Å². The number of halogens is 1. The van der Waals surface area contributed by atoms with Crippen LogP contribution in [0.3, 0.4) is 0 Å². The maximum atomic E-state index is 13.1. The molecule has 19 heavy (non-hydrogen) atoms. The fraction of sp³-hybridized carbons (Fsp3) is 0.462. The molecule has 1 heterocycles. The van der Waals surface area contributed by atoms with Gasteiger partial charge in [0.25, 0.3) is 0 Å². The molecule has 0 aliphatic carbocycles. The third-order valence-corrected chi connectivity index (χ3v) is 3.27. The van der Waals surface area contributed by atoms with E-state index in [4.69, 9.17) is 5.73 Å². The SMILES string of the molecule is COC(=O)N1CCN(Cc2ccc(F)c(N)c2)CC1. The zero-order valence-electron chi connectivity index (χ0n) is 10.9. The minimum atomic E-state index is -0.390. The van der Waals surface area contributed by atoms with Crippen LogP contribution in [0.1, 0.15) is 5.56 Å². The van der Waals surface area contributed by atoms with Gasteiger partial charge in [-0.15, -0.1) is 0 Å². The summed E-state index contributed by atoms with van der Waals surface area (Å²) in [5.74, 6) is -0.390. The summed E-state index contributed by atoms with van der Waals surface area (Å²) in [6, 6.07) is 4.77. The predicted octanol–water partition coefficient (Wildman–Crippen LogP) is 1.29. The van der Waals surface area contributed by atoms with Crippen LogP contribution in [-0.4, -0.2) is 49.2 Å². The van der Waals surface area contributed by atoms with E-state index in [1.165, 1.54) is 13.2 Å². The number of nitrogens with zero attached hydrogens (tertiary/aromatic N) is 2. The number of carbonyl (C=O) groups excluding carboxylic acids is 1. The van der Waals surface area contributed by atoms with Gasteiger partial charge < -0.3 is 15.4 Å². The molecule has 5 nitrogen and oxygen atoms in total. The van der Waals surface area contributed by atoms with E-state index in [0.717, 1.165) is 18.7 Å². The van der Waals surface area contributed by atoms with Crippen molar-refractivity contribution in [3.63, 3.8) is 0 Å². The fourth-order valence-corrected chi connectivity index (χ4v) is 2.17. The van der Waals surface area contributed by atoms with Gasteiger partial charge in [-0.3, -0.25) is 4.90 Å². The average molecular weight is 267 g/mol. The Hall–Kier alpha value is -1.82. The van der Waals surface area contributed by atoms with Gasteiger partial charge in [-0.05, 0) is 17.7 Å². The van der Waals surface area contributed by atoms with Crippen LogP contribution in [0, 0.1) is 5.82 Å². The molecule has 1 saturated heterocycles. The summed E-state index contributed by atoms with van der Waals surface area (Å²) in [5, 5.41) is 0. The highest BCUT2D eigenvalue weighted by Gasteiger charge is 2.21. The molecule has 1 aromatic rings. The lowest BCUT2D eigenvalue weighted by molar-refractivity contribution is 0.0889. The Morgan fingerprint density at radius 2 is 2.05 bits per heavy atom. The van der Waals surface area contributed by atoms with E-state index in [1.807, 2.05) is 0 Å². The van der Waals surface area contributed by atoms with Gasteiger partial charge in [0.2, 0.25) is 0 Å². The molecule has 0 atom stereocenters. The minimum Gasteiger partial charge on any atom is -0.453 e. The van der Waals surface area contributed by atoms with Gasteiger partial charge in [-0.1, -0.05) is 6.07 Å². The first-order chi connectivity index (χ1) is 9.10.